The minimum absolute atomic E-state index is 0.000454. The second-order valence-corrected chi connectivity index (χ2v) is 6.41. The van der Waals surface area contributed by atoms with E-state index >= 15 is 0 Å². The Kier molecular flexibility index (Phi) is 5.19. The number of hydrogen-bond acceptors (Lipinski definition) is 5. The van der Waals surface area contributed by atoms with Crippen LogP contribution < -0.4 is 15.5 Å². The van der Waals surface area contributed by atoms with Gasteiger partial charge in [0.05, 0.1) is 7.11 Å². The van der Waals surface area contributed by atoms with E-state index in [1.54, 1.807) is 0 Å². The number of ether oxygens (including phenoxy) is 1. The number of amides is 1. The monoisotopic (exact) mass is 342 g/mol. The summed E-state index contributed by atoms with van der Waals surface area (Å²) in [5.74, 6) is 0.0233. The molecule has 1 saturated heterocycles. The predicted molar refractivity (Wildman–Crippen MR) is 93.7 cm³/mol. The Morgan fingerprint density at radius 3 is 2.76 bits per heavy atom. The van der Waals surface area contributed by atoms with Crippen molar-refractivity contribution in [1.29, 1.82) is 0 Å². The van der Waals surface area contributed by atoms with Crippen LogP contribution in [0.5, 0.6) is 5.75 Å². The zero-order valence-corrected chi connectivity index (χ0v) is 14.4. The van der Waals surface area contributed by atoms with Gasteiger partial charge in [-0.1, -0.05) is 37.3 Å². The van der Waals surface area contributed by atoms with Gasteiger partial charge in [-0.2, -0.15) is 0 Å². The standard InChI is InChI=1S/C19H22N2O4/c1-13-9-21(10-14-6-4-3-5-7-14)11-15(13)20-19(23)17-8-16(22)18(24-2)12-25-17/h3-8,12-13,15H,9-11H2,1-2H3,(H,20,23)/t13-,15+/m1/s1. The van der Waals surface area contributed by atoms with E-state index in [1.807, 2.05) is 18.2 Å². The quantitative estimate of drug-likeness (QED) is 0.898. The summed E-state index contributed by atoms with van der Waals surface area (Å²) >= 11 is 0. The summed E-state index contributed by atoms with van der Waals surface area (Å²) in [6.45, 7) is 4.64. The SMILES string of the molecule is COc1coc(C(=O)N[C@H]2CN(Cc3ccccc3)C[C@H]2C)cc1=O. The number of likely N-dealkylation sites (tertiary alicyclic amines) is 1. The molecule has 25 heavy (non-hydrogen) atoms. The Morgan fingerprint density at radius 2 is 2.08 bits per heavy atom. The first-order valence-corrected chi connectivity index (χ1v) is 8.31. The third kappa shape index (κ3) is 4.09. The van der Waals surface area contributed by atoms with Crippen molar-refractivity contribution in [1.82, 2.24) is 10.2 Å². The van der Waals surface area contributed by atoms with E-state index < -0.39 is 0 Å². The number of nitrogens with zero attached hydrogens (tertiary/aromatic N) is 1. The van der Waals surface area contributed by atoms with Gasteiger partial charge in [0.15, 0.2) is 5.76 Å². The van der Waals surface area contributed by atoms with Crippen molar-refractivity contribution in [2.24, 2.45) is 5.92 Å². The number of hydrogen-bond donors (Lipinski definition) is 1. The third-order valence-electron chi connectivity index (χ3n) is 4.50. The summed E-state index contributed by atoms with van der Waals surface area (Å²) in [7, 11) is 1.38. The van der Waals surface area contributed by atoms with Gasteiger partial charge in [0.1, 0.15) is 6.26 Å². The van der Waals surface area contributed by atoms with Gasteiger partial charge in [-0.3, -0.25) is 14.5 Å². The molecule has 2 atom stereocenters. The molecule has 0 bridgehead atoms. The molecular weight excluding hydrogens is 320 g/mol. The van der Waals surface area contributed by atoms with Crippen molar-refractivity contribution >= 4 is 5.91 Å². The fourth-order valence-electron chi connectivity index (χ4n) is 3.13. The highest BCUT2D eigenvalue weighted by molar-refractivity contribution is 5.91. The molecule has 6 nitrogen and oxygen atoms in total. The van der Waals surface area contributed by atoms with E-state index in [2.05, 4.69) is 29.3 Å². The maximum Gasteiger partial charge on any atom is 0.287 e. The van der Waals surface area contributed by atoms with Crippen LogP contribution in [0.15, 0.2) is 51.9 Å². The normalized spacial score (nSPS) is 20.4. The summed E-state index contributed by atoms with van der Waals surface area (Å²) in [6.07, 6.45) is 1.16. The van der Waals surface area contributed by atoms with Gasteiger partial charge in [-0.25, -0.2) is 0 Å². The average molecular weight is 342 g/mol. The minimum atomic E-state index is -0.377. The molecule has 1 aliphatic rings. The fraction of sp³-hybridized carbons (Fsp3) is 0.368. The molecule has 1 amide bonds. The molecule has 6 heteroatoms. The zero-order chi connectivity index (χ0) is 17.8. The van der Waals surface area contributed by atoms with E-state index in [-0.39, 0.29) is 28.9 Å². The molecule has 1 aromatic heterocycles. The maximum absolute atomic E-state index is 12.4. The lowest BCUT2D eigenvalue weighted by atomic mass is 10.1. The molecule has 0 spiro atoms. The molecule has 1 fully saturated rings. The largest absolute Gasteiger partial charge is 0.490 e. The van der Waals surface area contributed by atoms with E-state index in [4.69, 9.17) is 9.15 Å². The maximum atomic E-state index is 12.4. The minimum Gasteiger partial charge on any atom is -0.490 e. The van der Waals surface area contributed by atoms with Crippen LogP contribution in [0.4, 0.5) is 0 Å². The predicted octanol–water partition coefficient (Wildman–Crippen LogP) is 1.90. The molecule has 0 unspecified atom stereocenters. The second-order valence-electron chi connectivity index (χ2n) is 6.41. The molecule has 2 aromatic rings. The topological polar surface area (TPSA) is 71.8 Å². The van der Waals surface area contributed by atoms with E-state index in [0.29, 0.717) is 5.92 Å². The van der Waals surface area contributed by atoms with Crippen molar-refractivity contribution in [3.05, 3.63) is 64.2 Å². The van der Waals surface area contributed by atoms with E-state index in [0.717, 1.165) is 32.0 Å². The van der Waals surface area contributed by atoms with Gasteiger partial charge in [0, 0.05) is 31.7 Å². The lowest BCUT2D eigenvalue weighted by Gasteiger charge is -2.17. The van der Waals surface area contributed by atoms with Crippen LogP contribution in [0, 0.1) is 5.92 Å². The lowest BCUT2D eigenvalue weighted by Crippen LogP contribution is -2.40. The summed E-state index contributed by atoms with van der Waals surface area (Å²) in [5, 5.41) is 2.97. The molecule has 1 N–H and O–H groups in total. The van der Waals surface area contributed by atoms with Crippen LogP contribution in [0.3, 0.4) is 0 Å². The molecule has 3 rings (SSSR count). The molecule has 0 radical (unpaired) electrons. The van der Waals surface area contributed by atoms with Crippen LogP contribution in [-0.2, 0) is 6.54 Å². The van der Waals surface area contributed by atoms with Crippen LogP contribution in [0.25, 0.3) is 0 Å². The molecule has 0 saturated carbocycles. The van der Waals surface area contributed by atoms with Crippen LogP contribution in [0.1, 0.15) is 23.0 Å². The summed E-state index contributed by atoms with van der Waals surface area (Å²) in [5.41, 5.74) is 0.881. The van der Waals surface area contributed by atoms with Crippen molar-refractivity contribution < 1.29 is 13.9 Å². The first-order chi connectivity index (χ1) is 12.1. The first kappa shape index (κ1) is 17.2. The van der Waals surface area contributed by atoms with Gasteiger partial charge < -0.3 is 14.5 Å². The van der Waals surface area contributed by atoms with Crippen molar-refractivity contribution in [3.8, 4) is 5.75 Å². The van der Waals surface area contributed by atoms with Crippen LogP contribution in [-0.4, -0.2) is 37.0 Å². The second kappa shape index (κ2) is 7.53. The Balaban J connectivity index is 1.61. The number of carbonyl (C=O) groups excluding carboxylic acids is 1. The summed E-state index contributed by atoms with van der Waals surface area (Å²) in [6, 6.07) is 11.4. The first-order valence-electron chi connectivity index (χ1n) is 8.31. The molecular formula is C19H22N2O4. The highest BCUT2D eigenvalue weighted by Crippen LogP contribution is 2.19. The van der Waals surface area contributed by atoms with Crippen molar-refractivity contribution in [2.75, 3.05) is 20.2 Å². The number of carbonyl (C=O) groups is 1. The summed E-state index contributed by atoms with van der Waals surface area (Å²) < 4.78 is 10.1. The molecule has 0 aliphatic carbocycles. The van der Waals surface area contributed by atoms with Crippen molar-refractivity contribution in [3.63, 3.8) is 0 Å². The number of methoxy groups -OCH3 is 1. The summed E-state index contributed by atoms with van der Waals surface area (Å²) in [4.78, 5) is 26.4. The fourth-order valence-corrected chi connectivity index (χ4v) is 3.13. The number of nitrogens with one attached hydrogen (secondary N) is 1. The van der Waals surface area contributed by atoms with Gasteiger partial charge in [0.2, 0.25) is 11.2 Å². The van der Waals surface area contributed by atoms with Crippen LogP contribution >= 0.6 is 0 Å². The van der Waals surface area contributed by atoms with E-state index in [1.165, 1.54) is 12.7 Å². The lowest BCUT2D eigenvalue weighted by molar-refractivity contribution is 0.0900. The Bertz CT molecular complexity index is 788. The van der Waals surface area contributed by atoms with Gasteiger partial charge in [-0.05, 0) is 11.5 Å². The highest BCUT2D eigenvalue weighted by Gasteiger charge is 2.31. The Hall–Kier alpha value is -2.60. The van der Waals surface area contributed by atoms with Gasteiger partial charge in [0.25, 0.3) is 5.91 Å². The molecule has 1 aromatic carbocycles. The van der Waals surface area contributed by atoms with Crippen molar-refractivity contribution in [2.45, 2.75) is 19.5 Å². The van der Waals surface area contributed by atoms with E-state index in [9.17, 15) is 9.59 Å². The third-order valence-corrected chi connectivity index (χ3v) is 4.50. The smallest absolute Gasteiger partial charge is 0.287 e. The Morgan fingerprint density at radius 1 is 1.32 bits per heavy atom. The molecule has 1 aliphatic heterocycles. The average Bonchev–Trinajstić information content (AvgIpc) is 2.94. The number of benzene rings is 1. The molecule has 132 valence electrons. The zero-order valence-electron chi connectivity index (χ0n) is 14.4. The van der Waals surface area contributed by atoms with Gasteiger partial charge >= 0.3 is 0 Å². The van der Waals surface area contributed by atoms with Crippen LogP contribution in [0.2, 0.25) is 0 Å². The number of rotatable bonds is 5. The highest BCUT2D eigenvalue weighted by atomic mass is 16.5. The van der Waals surface area contributed by atoms with Gasteiger partial charge in [-0.15, -0.1) is 0 Å². The Labute approximate surface area is 146 Å². The molecule has 2 heterocycles.